The smallest absolute Gasteiger partial charge is 0.254 e. The molecular formula is C13H25ClN2O2. The number of nitrogens with zero attached hydrogens (tertiary/aromatic N) is 1. The van der Waals surface area contributed by atoms with Gasteiger partial charge in [-0.15, -0.1) is 12.4 Å². The number of ether oxygens (including phenoxy) is 1. The first-order chi connectivity index (χ1) is 8.09. The Morgan fingerprint density at radius 3 is 2.17 bits per heavy atom. The molecular weight excluding hydrogens is 252 g/mol. The highest BCUT2D eigenvalue weighted by Gasteiger charge is 2.44. The molecule has 0 aliphatic carbocycles. The van der Waals surface area contributed by atoms with Crippen LogP contribution in [0, 0.1) is 11.8 Å². The molecule has 0 aromatic heterocycles. The molecule has 0 saturated carbocycles. The second-order valence-electron chi connectivity index (χ2n) is 5.61. The summed E-state index contributed by atoms with van der Waals surface area (Å²) in [6.45, 7) is 7.97. The van der Waals surface area contributed by atoms with Crippen molar-refractivity contribution in [1.82, 2.24) is 10.2 Å². The van der Waals surface area contributed by atoms with Gasteiger partial charge in [0.25, 0.3) is 5.91 Å². The molecule has 2 aliphatic rings. The van der Waals surface area contributed by atoms with Crippen molar-refractivity contribution in [2.24, 2.45) is 11.8 Å². The number of methoxy groups -OCH3 is 1. The molecule has 0 aromatic rings. The van der Waals surface area contributed by atoms with Crippen LogP contribution in [0.2, 0.25) is 0 Å². The lowest BCUT2D eigenvalue weighted by Crippen LogP contribution is -2.55. The van der Waals surface area contributed by atoms with Crippen molar-refractivity contribution in [2.45, 2.75) is 32.3 Å². The van der Waals surface area contributed by atoms with Gasteiger partial charge in [-0.05, 0) is 37.8 Å². The number of hydrogen-bond acceptors (Lipinski definition) is 3. The largest absolute Gasteiger partial charge is 0.368 e. The molecule has 2 saturated heterocycles. The minimum Gasteiger partial charge on any atom is -0.368 e. The average molecular weight is 277 g/mol. The fourth-order valence-electron chi connectivity index (χ4n) is 2.92. The molecule has 0 aromatic carbocycles. The van der Waals surface area contributed by atoms with Gasteiger partial charge in [0.15, 0.2) is 0 Å². The first-order valence-corrected chi connectivity index (χ1v) is 6.64. The molecule has 2 aliphatic heterocycles. The van der Waals surface area contributed by atoms with E-state index in [1.54, 1.807) is 7.11 Å². The van der Waals surface area contributed by atoms with Crippen LogP contribution in [-0.4, -0.2) is 49.7 Å². The number of hydrogen-bond donors (Lipinski definition) is 1. The number of halogens is 1. The van der Waals surface area contributed by atoms with E-state index in [4.69, 9.17) is 4.74 Å². The predicted molar refractivity (Wildman–Crippen MR) is 74.0 cm³/mol. The van der Waals surface area contributed by atoms with Crippen molar-refractivity contribution in [3.63, 3.8) is 0 Å². The Labute approximate surface area is 116 Å². The van der Waals surface area contributed by atoms with Crippen LogP contribution < -0.4 is 5.32 Å². The second-order valence-corrected chi connectivity index (χ2v) is 5.61. The third-order valence-corrected chi connectivity index (χ3v) is 4.47. The topological polar surface area (TPSA) is 41.6 Å². The van der Waals surface area contributed by atoms with Gasteiger partial charge in [-0.3, -0.25) is 4.79 Å². The molecule has 0 spiro atoms. The van der Waals surface area contributed by atoms with Crippen LogP contribution in [0.15, 0.2) is 0 Å². The van der Waals surface area contributed by atoms with Gasteiger partial charge in [-0.1, -0.05) is 13.8 Å². The van der Waals surface area contributed by atoms with Crippen molar-refractivity contribution in [2.75, 3.05) is 33.3 Å². The molecule has 5 heteroatoms. The molecule has 2 atom stereocenters. The molecule has 106 valence electrons. The van der Waals surface area contributed by atoms with Crippen LogP contribution in [0.25, 0.3) is 0 Å². The van der Waals surface area contributed by atoms with Crippen LogP contribution in [0.1, 0.15) is 26.7 Å². The van der Waals surface area contributed by atoms with Gasteiger partial charge in [-0.25, -0.2) is 0 Å². The van der Waals surface area contributed by atoms with Crippen LogP contribution in [0.5, 0.6) is 0 Å². The summed E-state index contributed by atoms with van der Waals surface area (Å²) in [5.41, 5.74) is -0.560. The zero-order chi connectivity index (χ0) is 12.5. The Kier molecular flexibility index (Phi) is 5.44. The number of rotatable bonds is 2. The van der Waals surface area contributed by atoms with Gasteiger partial charge in [0.05, 0.1) is 0 Å². The molecule has 1 amide bonds. The summed E-state index contributed by atoms with van der Waals surface area (Å²) in [4.78, 5) is 14.6. The molecule has 2 rings (SSSR count). The summed E-state index contributed by atoms with van der Waals surface area (Å²) in [7, 11) is 1.67. The second kappa shape index (κ2) is 6.22. The van der Waals surface area contributed by atoms with Crippen LogP contribution >= 0.6 is 12.4 Å². The number of nitrogens with one attached hydrogen (secondary N) is 1. The quantitative estimate of drug-likeness (QED) is 0.826. The molecule has 2 unspecified atom stereocenters. The Morgan fingerprint density at radius 1 is 1.22 bits per heavy atom. The zero-order valence-electron chi connectivity index (χ0n) is 11.6. The van der Waals surface area contributed by atoms with E-state index in [2.05, 4.69) is 19.2 Å². The lowest BCUT2D eigenvalue weighted by atomic mass is 9.90. The minimum atomic E-state index is -0.560. The van der Waals surface area contributed by atoms with Crippen molar-refractivity contribution in [3.05, 3.63) is 0 Å². The van der Waals surface area contributed by atoms with E-state index >= 15 is 0 Å². The average Bonchev–Trinajstić information content (AvgIpc) is 2.69. The highest BCUT2D eigenvalue weighted by atomic mass is 35.5. The highest BCUT2D eigenvalue weighted by molar-refractivity contribution is 5.86. The van der Waals surface area contributed by atoms with Gasteiger partial charge >= 0.3 is 0 Å². The van der Waals surface area contributed by atoms with Gasteiger partial charge in [-0.2, -0.15) is 0 Å². The molecule has 4 nitrogen and oxygen atoms in total. The van der Waals surface area contributed by atoms with Gasteiger partial charge in [0.1, 0.15) is 5.60 Å². The highest BCUT2D eigenvalue weighted by Crippen LogP contribution is 2.30. The van der Waals surface area contributed by atoms with Crippen molar-refractivity contribution < 1.29 is 9.53 Å². The van der Waals surface area contributed by atoms with E-state index in [9.17, 15) is 4.79 Å². The lowest BCUT2D eigenvalue weighted by molar-refractivity contribution is -0.157. The Morgan fingerprint density at radius 2 is 1.72 bits per heavy atom. The number of likely N-dealkylation sites (tertiary alicyclic amines) is 1. The van der Waals surface area contributed by atoms with E-state index in [0.29, 0.717) is 11.8 Å². The summed E-state index contributed by atoms with van der Waals surface area (Å²) in [6, 6.07) is 0. The Bertz CT molecular complexity index is 283. The van der Waals surface area contributed by atoms with Crippen LogP contribution in [-0.2, 0) is 9.53 Å². The standard InChI is InChI=1S/C13H24N2O2.ClH/c1-10-8-15(9-11(10)2)12(16)13(17-3)4-6-14-7-5-13;/h10-11,14H,4-9H2,1-3H3;1H. The zero-order valence-corrected chi connectivity index (χ0v) is 12.4. The normalized spacial score (nSPS) is 30.9. The van der Waals surface area contributed by atoms with Crippen molar-refractivity contribution in [1.29, 1.82) is 0 Å². The van der Waals surface area contributed by atoms with Gasteiger partial charge in [0.2, 0.25) is 0 Å². The summed E-state index contributed by atoms with van der Waals surface area (Å²) in [6.07, 6.45) is 1.59. The lowest BCUT2D eigenvalue weighted by Gasteiger charge is -2.37. The van der Waals surface area contributed by atoms with E-state index in [-0.39, 0.29) is 18.3 Å². The first kappa shape index (κ1) is 15.7. The summed E-state index contributed by atoms with van der Waals surface area (Å²) in [5, 5.41) is 3.29. The van der Waals surface area contributed by atoms with Crippen molar-refractivity contribution >= 4 is 18.3 Å². The number of carbonyl (C=O) groups is 1. The monoisotopic (exact) mass is 276 g/mol. The molecule has 1 N–H and O–H groups in total. The summed E-state index contributed by atoms with van der Waals surface area (Å²) < 4.78 is 5.59. The maximum Gasteiger partial charge on any atom is 0.254 e. The molecule has 2 heterocycles. The van der Waals surface area contributed by atoms with Crippen LogP contribution in [0.3, 0.4) is 0 Å². The molecule has 2 fully saturated rings. The number of carbonyl (C=O) groups excluding carboxylic acids is 1. The summed E-state index contributed by atoms with van der Waals surface area (Å²) >= 11 is 0. The predicted octanol–water partition coefficient (Wildman–Crippen LogP) is 1.29. The van der Waals surface area contributed by atoms with Crippen LogP contribution in [0.4, 0.5) is 0 Å². The van der Waals surface area contributed by atoms with Crippen molar-refractivity contribution in [3.8, 4) is 0 Å². The molecule has 0 radical (unpaired) electrons. The first-order valence-electron chi connectivity index (χ1n) is 6.64. The summed E-state index contributed by atoms with van der Waals surface area (Å²) in [5.74, 6) is 1.42. The van der Waals surface area contributed by atoms with Gasteiger partial charge in [0, 0.05) is 20.2 Å². The van der Waals surface area contributed by atoms with E-state index in [1.165, 1.54) is 0 Å². The van der Waals surface area contributed by atoms with Gasteiger partial charge < -0.3 is 15.0 Å². The Hall–Kier alpha value is -0.320. The SMILES string of the molecule is COC1(C(=O)N2CC(C)C(C)C2)CCNCC1.Cl. The van der Waals surface area contributed by atoms with E-state index in [0.717, 1.165) is 39.0 Å². The molecule has 0 bridgehead atoms. The third-order valence-electron chi connectivity index (χ3n) is 4.47. The fraction of sp³-hybridized carbons (Fsp3) is 0.923. The Balaban J connectivity index is 0.00000162. The maximum atomic E-state index is 12.6. The molecule has 18 heavy (non-hydrogen) atoms. The third kappa shape index (κ3) is 2.81. The number of amides is 1. The minimum absolute atomic E-state index is 0. The fourth-order valence-corrected chi connectivity index (χ4v) is 2.92. The van der Waals surface area contributed by atoms with E-state index in [1.807, 2.05) is 4.90 Å². The maximum absolute atomic E-state index is 12.6. The number of piperidine rings is 1. The van der Waals surface area contributed by atoms with E-state index < -0.39 is 5.60 Å².